The highest BCUT2D eigenvalue weighted by Gasteiger charge is 2.39. The van der Waals surface area contributed by atoms with E-state index in [0.29, 0.717) is 0 Å². The molecule has 30 heavy (non-hydrogen) atoms. The van der Waals surface area contributed by atoms with Gasteiger partial charge in [0, 0.05) is 28.5 Å². The highest BCUT2D eigenvalue weighted by molar-refractivity contribution is 6.11. The summed E-state index contributed by atoms with van der Waals surface area (Å²) in [6.45, 7) is 13.8. The number of aryl methyl sites for hydroxylation is 3. The third kappa shape index (κ3) is 2.66. The second-order valence-corrected chi connectivity index (χ2v) is 10.6. The van der Waals surface area contributed by atoms with Gasteiger partial charge in [0.25, 0.3) is 0 Å². The number of rotatable bonds is 1. The van der Waals surface area contributed by atoms with Gasteiger partial charge in [-0.3, -0.25) is 0 Å². The van der Waals surface area contributed by atoms with Gasteiger partial charge < -0.3 is 4.42 Å². The summed E-state index contributed by atoms with van der Waals surface area (Å²) in [5, 5.41) is 2.46. The topological polar surface area (TPSA) is 17.0 Å². The summed E-state index contributed by atoms with van der Waals surface area (Å²) in [6.07, 6.45) is 4.53. The van der Waals surface area contributed by atoms with Crippen LogP contribution in [0.5, 0.6) is 0 Å². The van der Waals surface area contributed by atoms with Crippen LogP contribution in [0, 0.1) is 13.8 Å². The molecule has 2 heterocycles. The van der Waals surface area contributed by atoms with Crippen molar-refractivity contribution in [2.45, 2.75) is 65.2 Å². The van der Waals surface area contributed by atoms with Crippen molar-refractivity contribution in [2.75, 3.05) is 0 Å². The quantitative estimate of drug-likeness (QED) is 0.314. The largest absolute Gasteiger partial charge is 0.455 e. The van der Waals surface area contributed by atoms with Crippen LogP contribution in [0.2, 0.25) is 0 Å². The molecule has 0 unspecified atom stereocenters. The Balaban J connectivity index is 1.93. The van der Waals surface area contributed by atoms with Crippen molar-refractivity contribution in [1.29, 1.82) is 0 Å². The Kier molecular flexibility index (Phi) is 4.00. The van der Waals surface area contributed by atoms with Crippen LogP contribution in [0.15, 0.2) is 47.0 Å². The molecule has 2 aromatic carbocycles. The number of benzene rings is 2. The number of pyridine rings is 1. The average Bonchev–Trinajstić information content (AvgIpc) is 3.05. The van der Waals surface area contributed by atoms with Crippen molar-refractivity contribution in [2.24, 2.45) is 7.05 Å². The Bertz CT molecular complexity index is 1320. The smallest absolute Gasteiger partial charge is 0.216 e. The van der Waals surface area contributed by atoms with Crippen LogP contribution in [0.25, 0.3) is 33.2 Å². The van der Waals surface area contributed by atoms with Crippen LogP contribution in [-0.2, 0) is 17.9 Å². The molecular weight excluding hydrogens is 366 g/mol. The Morgan fingerprint density at radius 3 is 2.27 bits per heavy atom. The molecule has 0 amide bonds. The Hall–Kier alpha value is -2.61. The lowest BCUT2D eigenvalue weighted by Gasteiger charge is -2.41. The molecule has 0 N–H and O–H groups in total. The van der Waals surface area contributed by atoms with Crippen molar-refractivity contribution < 1.29 is 8.98 Å². The number of hydrogen-bond acceptors (Lipinski definition) is 1. The molecule has 5 rings (SSSR count). The van der Waals surface area contributed by atoms with E-state index in [1.54, 1.807) is 0 Å². The fourth-order valence-electron chi connectivity index (χ4n) is 5.36. The maximum absolute atomic E-state index is 6.83. The fraction of sp³-hybridized carbons (Fsp3) is 0.393. The maximum atomic E-state index is 6.83. The minimum absolute atomic E-state index is 0.113. The number of fused-ring (bicyclic) bond motifs is 5. The molecule has 4 aromatic rings. The molecule has 0 spiro atoms. The molecule has 0 saturated heterocycles. The summed E-state index contributed by atoms with van der Waals surface area (Å²) in [5.41, 5.74) is 10.2. The van der Waals surface area contributed by atoms with Crippen LogP contribution in [0.4, 0.5) is 0 Å². The lowest BCUT2D eigenvalue weighted by atomic mass is 9.63. The van der Waals surface area contributed by atoms with Crippen molar-refractivity contribution in [3.63, 3.8) is 0 Å². The second kappa shape index (κ2) is 6.20. The van der Waals surface area contributed by atoms with E-state index in [0.717, 1.165) is 11.2 Å². The monoisotopic (exact) mass is 398 g/mol. The van der Waals surface area contributed by atoms with Gasteiger partial charge in [0.1, 0.15) is 18.2 Å². The number of hydrogen-bond donors (Lipinski definition) is 0. The Labute approximate surface area is 179 Å². The minimum atomic E-state index is 0.113. The summed E-state index contributed by atoms with van der Waals surface area (Å²) < 4.78 is 9.03. The van der Waals surface area contributed by atoms with Crippen molar-refractivity contribution in [3.8, 4) is 11.3 Å². The normalized spacial score (nSPS) is 17.4. The van der Waals surface area contributed by atoms with E-state index in [1.807, 2.05) is 0 Å². The molecule has 0 bridgehead atoms. The molecule has 2 heteroatoms. The van der Waals surface area contributed by atoms with Gasteiger partial charge in [0.2, 0.25) is 5.69 Å². The summed E-state index contributed by atoms with van der Waals surface area (Å²) in [5.74, 6) is 0. The minimum Gasteiger partial charge on any atom is -0.455 e. The number of furan rings is 1. The predicted octanol–water partition coefficient (Wildman–Crippen LogP) is 7.04. The maximum Gasteiger partial charge on any atom is 0.216 e. The lowest BCUT2D eigenvalue weighted by molar-refractivity contribution is -0.660. The van der Waals surface area contributed by atoms with Crippen LogP contribution in [-0.4, -0.2) is 0 Å². The molecule has 0 radical (unpaired) electrons. The average molecular weight is 399 g/mol. The summed E-state index contributed by atoms with van der Waals surface area (Å²) in [6, 6.07) is 13.5. The van der Waals surface area contributed by atoms with E-state index in [1.165, 1.54) is 57.1 Å². The van der Waals surface area contributed by atoms with Crippen molar-refractivity contribution in [1.82, 2.24) is 0 Å². The van der Waals surface area contributed by atoms with Crippen molar-refractivity contribution in [3.05, 3.63) is 64.8 Å². The highest BCUT2D eigenvalue weighted by Crippen LogP contribution is 2.50. The molecule has 2 nitrogen and oxygen atoms in total. The standard InChI is InChI=1S/C28H32NO/c1-17-12-15-29(7)22(16-17)23-18(2)8-9-19-20-10-11-21-24(26(20)30-25(19)23)28(5,6)14-13-27(21,3)4/h8-12,15-16H,13-14H2,1-7H3/q+1. The molecule has 0 atom stereocenters. The zero-order chi connectivity index (χ0) is 21.4. The first-order chi connectivity index (χ1) is 14.1. The first-order valence-corrected chi connectivity index (χ1v) is 11.1. The van der Waals surface area contributed by atoms with Gasteiger partial charge in [0.15, 0.2) is 6.20 Å². The van der Waals surface area contributed by atoms with Gasteiger partial charge in [-0.25, -0.2) is 4.57 Å². The van der Waals surface area contributed by atoms with E-state index in [2.05, 4.69) is 95.8 Å². The van der Waals surface area contributed by atoms with Gasteiger partial charge in [-0.05, 0) is 54.2 Å². The van der Waals surface area contributed by atoms with E-state index in [9.17, 15) is 0 Å². The highest BCUT2D eigenvalue weighted by atomic mass is 16.3. The fourth-order valence-corrected chi connectivity index (χ4v) is 5.36. The molecule has 0 fully saturated rings. The Morgan fingerprint density at radius 1 is 0.833 bits per heavy atom. The van der Waals surface area contributed by atoms with E-state index in [4.69, 9.17) is 4.42 Å². The molecule has 2 aromatic heterocycles. The van der Waals surface area contributed by atoms with Crippen LogP contribution in [0.1, 0.15) is 62.8 Å². The summed E-state index contributed by atoms with van der Waals surface area (Å²) in [4.78, 5) is 0. The van der Waals surface area contributed by atoms with Crippen LogP contribution >= 0.6 is 0 Å². The van der Waals surface area contributed by atoms with E-state index >= 15 is 0 Å². The molecule has 1 aliphatic rings. The Morgan fingerprint density at radius 2 is 1.50 bits per heavy atom. The van der Waals surface area contributed by atoms with Crippen LogP contribution < -0.4 is 4.57 Å². The van der Waals surface area contributed by atoms with Gasteiger partial charge >= 0.3 is 0 Å². The van der Waals surface area contributed by atoms with E-state index < -0.39 is 0 Å². The molecular formula is C28H32NO+. The first-order valence-electron chi connectivity index (χ1n) is 11.1. The summed E-state index contributed by atoms with van der Waals surface area (Å²) in [7, 11) is 2.11. The lowest BCUT2D eigenvalue weighted by Crippen LogP contribution is -2.33. The van der Waals surface area contributed by atoms with E-state index in [-0.39, 0.29) is 10.8 Å². The number of aromatic nitrogens is 1. The third-order valence-corrected chi connectivity index (χ3v) is 7.36. The van der Waals surface area contributed by atoms with Crippen LogP contribution in [0.3, 0.4) is 0 Å². The zero-order valence-electron chi connectivity index (χ0n) is 19.3. The SMILES string of the molecule is Cc1cc[n+](C)c(-c2c(C)ccc3c2oc2c4c(ccc23)C(C)(C)CCC4(C)C)c1. The van der Waals surface area contributed by atoms with Crippen molar-refractivity contribution >= 4 is 21.9 Å². The molecule has 154 valence electrons. The van der Waals surface area contributed by atoms with Gasteiger partial charge in [0.05, 0.1) is 5.56 Å². The van der Waals surface area contributed by atoms with Gasteiger partial charge in [-0.15, -0.1) is 0 Å². The second-order valence-electron chi connectivity index (χ2n) is 10.6. The first kappa shape index (κ1) is 19.4. The van der Waals surface area contributed by atoms with Gasteiger partial charge in [-0.2, -0.15) is 0 Å². The summed E-state index contributed by atoms with van der Waals surface area (Å²) >= 11 is 0. The van der Waals surface area contributed by atoms with Gasteiger partial charge in [-0.1, -0.05) is 52.0 Å². The zero-order valence-corrected chi connectivity index (χ0v) is 19.3. The third-order valence-electron chi connectivity index (χ3n) is 7.36. The predicted molar refractivity (Wildman–Crippen MR) is 125 cm³/mol. The molecule has 0 aliphatic heterocycles. The molecule has 1 aliphatic carbocycles. The number of nitrogens with zero attached hydrogens (tertiary/aromatic N) is 1. The molecule has 0 saturated carbocycles.